The van der Waals surface area contributed by atoms with Crippen LogP contribution in [0.1, 0.15) is 76.1 Å². The maximum atomic E-state index is 13.4. The highest BCUT2D eigenvalue weighted by Gasteiger charge is 2.38. The van der Waals surface area contributed by atoms with Crippen molar-refractivity contribution in [2.24, 2.45) is 0 Å². The number of benzene rings is 1. The van der Waals surface area contributed by atoms with Gasteiger partial charge in [-0.3, -0.25) is 0 Å². The van der Waals surface area contributed by atoms with Gasteiger partial charge in [-0.15, -0.1) is 13.2 Å². The van der Waals surface area contributed by atoms with Crippen molar-refractivity contribution in [3.05, 3.63) is 78.2 Å². The summed E-state index contributed by atoms with van der Waals surface area (Å²) in [4.78, 5) is 20.6. The van der Waals surface area contributed by atoms with Crippen LogP contribution >= 0.6 is 0 Å². The molecular weight excluding hydrogens is 542 g/mol. The van der Waals surface area contributed by atoms with Crippen molar-refractivity contribution >= 4 is 23.1 Å². The van der Waals surface area contributed by atoms with E-state index in [1.54, 1.807) is 13.0 Å². The van der Waals surface area contributed by atoms with Gasteiger partial charge in [-0.2, -0.15) is 9.61 Å². The number of ether oxygens (including phenoxy) is 3. The normalized spacial score (nSPS) is 15.7. The molecule has 1 aliphatic heterocycles. The molecule has 4 rings (SSSR count). The van der Waals surface area contributed by atoms with E-state index in [-0.39, 0.29) is 12.2 Å². The summed E-state index contributed by atoms with van der Waals surface area (Å²) in [6.07, 6.45) is 5.11. The summed E-state index contributed by atoms with van der Waals surface area (Å²) in [5.74, 6) is 0.362. The number of aromatic nitrogens is 3. The number of hydrogen-bond donors (Lipinski definition) is 1. The number of piperidine rings is 1. The lowest BCUT2D eigenvalue weighted by molar-refractivity contribution is -0.166. The number of fused-ring (bicyclic) bond motifs is 1. The Hall–Kier alpha value is -3.69. The zero-order valence-corrected chi connectivity index (χ0v) is 26.6. The molecule has 9 nitrogen and oxygen atoms in total. The second-order valence-corrected chi connectivity index (χ2v) is 12.2. The predicted molar refractivity (Wildman–Crippen MR) is 172 cm³/mol. The molecule has 1 fully saturated rings. The first kappa shape index (κ1) is 32.2. The number of nitrogens with zero attached hydrogens (tertiary/aromatic N) is 4. The molecule has 0 amide bonds. The lowest BCUT2D eigenvalue weighted by Gasteiger charge is -2.41. The van der Waals surface area contributed by atoms with Crippen LogP contribution in [0.15, 0.2) is 55.6 Å². The minimum Gasteiger partial charge on any atom is -0.464 e. The molecule has 1 aliphatic rings. The van der Waals surface area contributed by atoms with Crippen LogP contribution in [0.3, 0.4) is 0 Å². The zero-order valence-electron chi connectivity index (χ0n) is 26.6. The number of esters is 1. The number of para-hydroxylation sites is 1. The number of allylic oxidation sites excluding steroid dienone is 1. The first-order valence-corrected chi connectivity index (χ1v) is 15.1. The van der Waals surface area contributed by atoms with Crippen molar-refractivity contribution in [2.45, 2.75) is 84.7 Å². The fraction of sp³-hybridized carbons (Fsp3) is 0.500. The maximum absolute atomic E-state index is 13.4. The number of hydrogen-bond acceptors (Lipinski definition) is 8. The quantitative estimate of drug-likeness (QED) is 0.182. The Bertz CT molecular complexity index is 1430. The third kappa shape index (κ3) is 7.83. The molecule has 1 atom stereocenters. The summed E-state index contributed by atoms with van der Waals surface area (Å²) in [7, 11) is 0. The Labute approximate surface area is 255 Å². The van der Waals surface area contributed by atoms with Gasteiger partial charge in [0.05, 0.1) is 42.2 Å². The molecule has 232 valence electrons. The summed E-state index contributed by atoms with van der Waals surface area (Å²) >= 11 is 0. The van der Waals surface area contributed by atoms with Crippen molar-refractivity contribution in [3.63, 3.8) is 0 Å². The molecule has 3 aromatic rings. The van der Waals surface area contributed by atoms with Gasteiger partial charge in [0, 0.05) is 30.5 Å². The fourth-order valence-electron chi connectivity index (χ4n) is 5.46. The third-order valence-electron chi connectivity index (χ3n) is 7.60. The van der Waals surface area contributed by atoms with Gasteiger partial charge in [-0.05, 0) is 72.4 Å². The van der Waals surface area contributed by atoms with Gasteiger partial charge in [0.2, 0.25) is 0 Å². The van der Waals surface area contributed by atoms with Crippen molar-refractivity contribution in [1.29, 1.82) is 0 Å². The largest absolute Gasteiger partial charge is 0.464 e. The molecule has 1 N–H and O–H groups in total. The Balaban J connectivity index is 1.79. The van der Waals surface area contributed by atoms with E-state index in [2.05, 4.69) is 42.4 Å². The standard InChI is InChI=1S/C34H47N5O4/c1-9-14-25-15-12-13-16-27(25)35-23-26-22-28-36-24(4)29(30(32(40)41-11-3)43-33(5,6)7)31(39(28)37-26)38-19-17-34(8,18-20-38)42-21-10-2/h9-10,12-13,15-16,22,30,35H,1-2,11,14,17-21,23H2,3-8H3. The first-order chi connectivity index (χ1) is 20.5. The van der Waals surface area contributed by atoms with Crippen molar-refractivity contribution in [2.75, 3.05) is 36.5 Å². The van der Waals surface area contributed by atoms with Gasteiger partial charge in [0.15, 0.2) is 11.8 Å². The number of carbonyl (C=O) groups is 1. The van der Waals surface area contributed by atoms with Crippen molar-refractivity contribution in [3.8, 4) is 0 Å². The summed E-state index contributed by atoms with van der Waals surface area (Å²) in [6.45, 7) is 22.1. The van der Waals surface area contributed by atoms with Gasteiger partial charge >= 0.3 is 5.97 Å². The summed E-state index contributed by atoms with van der Waals surface area (Å²) in [5, 5.41) is 8.56. The molecule has 1 saturated heterocycles. The number of carbonyl (C=O) groups excluding carboxylic acids is 1. The SMILES string of the molecule is C=CCOC1(C)CCN(c2c(C(OC(C)(C)C)C(=O)OCC)c(C)nc3cc(CNc4ccccc4CC=C)nn23)CC1. The van der Waals surface area contributed by atoms with Gasteiger partial charge in [0.25, 0.3) is 0 Å². The van der Waals surface area contributed by atoms with E-state index >= 15 is 0 Å². The number of nitrogens with one attached hydrogen (secondary N) is 1. The molecule has 1 unspecified atom stereocenters. The molecular formula is C34H47N5O4. The fourth-order valence-corrected chi connectivity index (χ4v) is 5.46. The van der Waals surface area contributed by atoms with Crippen LogP contribution in [-0.2, 0) is 32.0 Å². The van der Waals surface area contributed by atoms with E-state index in [1.807, 2.05) is 56.5 Å². The molecule has 43 heavy (non-hydrogen) atoms. The second kappa shape index (κ2) is 13.7. The highest BCUT2D eigenvalue weighted by molar-refractivity contribution is 5.80. The van der Waals surface area contributed by atoms with Gasteiger partial charge in [-0.1, -0.05) is 30.4 Å². The lowest BCUT2D eigenvalue weighted by atomic mass is 9.92. The Morgan fingerprint density at radius 1 is 1.19 bits per heavy atom. The molecule has 1 aromatic carbocycles. The Morgan fingerprint density at radius 3 is 2.56 bits per heavy atom. The van der Waals surface area contributed by atoms with Gasteiger partial charge in [-0.25, -0.2) is 9.78 Å². The number of aryl methyl sites for hydroxylation is 1. The molecule has 0 radical (unpaired) electrons. The number of anilines is 2. The molecule has 0 bridgehead atoms. The van der Waals surface area contributed by atoms with E-state index in [0.717, 1.165) is 36.5 Å². The Kier molecular flexibility index (Phi) is 10.3. The molecule has 2 aromatic heterocycles. The van der Waals surface area contributed by atoms with Crippen LogP contribution in [-0.4, -0.2) is 58.1 Å². The topological polar surface area (TPSA) is 90.2 Å². The zero-order chi connectivity index (χ0) is 31.2. The second-order valence-electron chi connectivity index (χ2n) is 12.2. The van der Waals surface area contributed by atoms with E-state index in [9.17, 15) is 4.79 Å². The van der Waals surface area contributed by atoms with E-state index in [4.69, 9.17) is 24.3 Å². The van der Waals surface area contributed by atoms with E-state index < -0.39 is 17.7 Å². The van der Waals surface area contributed by atoms with Crippen molar-refractivity contribution < 1.29 is 19.0 Å². The summed E-state index contributed by atoms with van der Waals surface area (Å²) in [6, 6.07) is 10.2. The Morgan fingerprint density at radius 2 is 1.91 bits per heavy atom. The van der Waals surface area contributed by atoms with E-state index in [0.29, 0.717) is 43.1 Å². The highest BCUT2D eigenvalue weighted by atomic mass is 16.6. The van der Waals surface area contributed by atoms with Crippen LogP contribution in [0.4, 0.5) is 11.5 Å². The molecule has 0 saturated carbocycles. The minimum atomic E-state index is -0.964. The van der Waals surface area contributed by atoms with Crippen LogP contribution < -0.4 is 10.2 Å². The van der Waals surface area contributed by atoms with Gasteiger partial charge in [0.1, 0.15) is 5.82 Å². The molecule has 0 aliphatic carbocycles. The first-order valence-electron chi connectivity index (χ1n) is 15.1. The summed E-state index contributed by atoms with van der Waals surface area (Å²) in [5.41, 5.74) is 4.28. The van der Waals surface area contributed by atoms with Crippen LogP contribution in [0.2, 0.25) is 0 Å². The number of rotatable bonds is 13. The lowest BCUT2D eigenvalue weighted by Crippen LogP contribution is -2.45. The van der Waals surface area contributed by atoms with Crippen LogP contribution in [0.5, 0.6) is 0 Å². The van der Waals surface area contributed by atoms with Crippen molar-refractivity contribution in [1.82, 2.24) is 14.6 Å². The maximum Gasteiger partial charge on any atom is 0.340 e. The summed E-state index contributed by atoms with van der Waals surface area (Å²) < 4.78 is 19.9. The molecule has 3 heterocycles. The third-order valence-corrected chi connectivity index (χ3v) is 7.60. The highest BCUT2D eigenvalue weighted by Crippen LogP contribution is 2.38. The molecule has 0 spiro atoms. The van der Waals surface area contributed by atoms with E-state index in [1.165, 1.54) is 5.56 Å². The average molecular weight is 590 g/mol. The van der Waals surface area contributed by atoms with Gasteiger partial charge < -0.3 is 24.4 Å². The smallest absolute Gasteiger partial charge is 0.340 e. The monoisotopic (exact) mass is 589 g/mol. The predicted octanol–water partition coefficient (Wildman–Crippen LogP) is 6.36. The average Bonchev–Trinajstić information content (AvgIpc) is 3.36. The van der Waals surface area contributed by atoms with Crippen LogP contribution in [0.25, 0.3) is 5.65 Å². The van der Waals surface area contributed by atoms with Crippen LogP contribution in [0, 0.1) is 6.92 Å². The minimum absolute atomic E-state index is 0.251. The molecule has 9 heteroatoms.